The first-order valence-electron chi connectivity index (χ1n) is 8.81. The van der Waals surface area contributed by atoms with Crippen LogP contribution in [0.25, 0.3) is 0 Å². The van der Waals surface area contributed by atoms with Crippen LogP contribution in [0.1, 0.15) is 38.1 Å². The fourth-order valence-corrected chi connectivity index (χ4v) is 4.65. The van der Waals surface area contributed by atoms with E-state index in [1.807, 2.05) is 0 Å². The quantitative estimate of drug-likeness (QED) is 0.747. The molecule has 1 aliphatic rings. The molecule has 1 amide bonds. The molecule has 0 saturated carbocycles. The summed E-state index contributed by atoms with van der Waals surface area (Å²) in [6.07, 6.45) is -0.449. The average molecular weight is 398 g/mol. The van der Waals surface area contributed by atoms with Crippen molar-refractivity contribution < 1.29 is 27.9 Å². The van der Waals surface area contributed by atoms with Gasteiger partial charge in [-0.3, -0.25) is 4.79 Å². The van der Waals surface area contributed by atoms with Crippen LogP contribution in [-0.2, 0) is 19.6 Å². The molecule has 0 aliphatic carbocycles. The number of nitrogens with one attached hydrogen (secondary N) is 1. The highest BCUT2D eigenvalue weighted by molar-refractivity contribution is 7.89. The second-order valence-electron chi connectivity index (χ2n) is 7.14. The van der Waals surface area contributed by atoms with E-state index in [9.17, 15) is 23.1 Å². The van der Waals surface area contributed by atoms with Crippen LogP contribution in [0.2, 0.25) is 0 Å². The number of hydrogen-bond donors (Lipinski definition) is 2. The molecule has 3 atom stereocenters. The molecule has 9 heteroatoms. The lowest BCUT2D eigenvalue weighted by atomic mass is 10.0. The first kappa shape index (κ1) is 21.3. The van der Waals surface area contributed by atoms with E-state index in [1.54, 1.807) is 27.7 Å². The third-order valence-electron chi connectivity index (χ3n) is 4.34. The number of rotatable bonds is 6. The highest BCUT2D eigenvalue weighted by Crippen LogP contribution is 2.22. The molecule has 150 valence electrons. The lowest BCUT2D eigenvalue weighted by Gasteiger charge is -2.34. The van der Waals surface area contributed by atoms with E-state index in [4.69, 9.17) is 4.74 Å². The Morgan fingerprint density at radius 2 is 1.81 bits per heavy atom. The molecule has 2 rings (SSSR count). The number of morpholine rings is 1. The van der Waals surface area contributed by atoms with E-state index in [0.717, 1.165) is 0 Å². The van der Waals surface area contributed by atoms with Crippen molar-refractivity contribution in [3.8, 4) is 0 Å². The second kappa shape index (κ2) is 8.37. The largest absolute Gasteiger partial charge is 0.480 e. The van der Waals surface area contributed by atoms with Crippen molar-refractivity contribution in [2.24, 2.45) is 5.92 Å². The van der Waals surface area contributed by atoms with Gasteiger partial charge in [0.15, 0.2) is 0 Å². The molecule has 8 nitrogen and oxygen atoms in total. The molecule has 0 radical (unpaired) electrons. The summed E-state index contributed by atoms with van der Waals surface area (Å²) in [7, 11) is -3.79. The maximum Gasteiger partial charge on any atom is 0.326 e. The van der Waals surface area contributed by atoms with Crippen LogP contribution in [0.3, 0.4) is 0 Å². The molecule has 2 unspecified atom stereocenters. The molecule has 2 N–H and O–H groups in total. The number of carboxylic acid groups (broad SMARTS) is 1. The maximum absolute atomic E-state index is 12.9. The van der Waals surface area contributed by atoms with Gasteiger partial charge in [-0.25, -0.2) is 13.2 Å². The molecule has 0 aromatic heterocycles. The highest BCUT2D eigenvalue weighted by atomic mass is 32.2. The summed E-state index contributed by atoms with van der Waals surface area (Å²) in [5, 5.41) is 11.7. The minimum atomic E-state index is -3.79. The molecule has 0 bridgehead atoms. The molecule has 1 fully saturated rings. The van der Waals surface area contributed by atoms with Gasteiger partial charge in [0.1, 0.15) is 6.04 Å². The number of sulfonamides is 1. The number of benzene rings is 1. The van der Waals surface area contributed by atoms with E-state index in [-0.39, 0.29) is 41.7 Å². The smallest absolute Gasteiger partial charge is 0.326 e. The first-order valence-corrected chi connectivity index (χ1v) is 10.3. The third-order valence-corrected chi connectivity index (χ3v) is 6.17. The van der Waals surface area contributed by atoms with Crippen molar-refractivity contribution in [3.63, 3.8) is 0 Å². The molecular weight excluding hydrogens is 372 g/mol. The Morgan fingerprint density at radius 3 is 2.33 bits per heavy atom. The molecule has 1 saturated heterocycles. The lowest BCUT2D eigenvalue weighted by molar-refractivity contribution is -0.140. The molecule has 1 heterocycles. The number of carbonyl (C=O) groups is 2. The minimum Gasteiger partial charge on any atom is -0.480 e. The first-order chi connectivity index (χ1) is 12.5. The summed E-state index contributed by atoms with van der Waals surface area (Å²) in [4.78, 5) is 23.7. The maximum atomic E-state index is 12.9. The van der Waals surface area contributed by atoms with Crippen LogP contribution in [0.15, 0.2) is 29.2 Å². The fourth-order valence-electron chi connectivity index (χ4n) is 3.01. The van der Waals surface area contributed by atoms with E-state index in [0.29, 0.717) is 0 Å². The third kappa shape index (κ3) is 5.06. The van der Waals surface area contributed by atoms with E-state index >= 15 is 0 Å². The number of nitrogens with zero attached hydrogens (tertiary/aromatic N) is 1. The van der Waals surface area contributed by atoms with Crippen molar-refractivity contribution in [3.05, 3.63) is 29.8 Å². The van der Waals surface area contributed by atoms with Gasteiger partial charge in [-0.1, -0.05) is 19.9 Å². The average Bonchev–Trinajstić information content (AvgIpc) is 2.58. The number of hydrogen-bond acceptors (Lipinski definition) is 5. The Hall–Kier alpha value is -1.97. The molecule has 0 spiro atoms. The van der Waals surface area contributed by atoms with Crippen molar-refractivity contribution >= 4 is 21.9 Å². The van der Waals surface area contributed by atoms with Crippen LogP contribution < -0.4 is 5.32 Å². The van der Waals surface area contributed by atoms with Crippen molar-refractivity contribution in [2.75, 3.05) is 13.1 Å². The summed E-state index contributed by atoms with van der Waals surface area (Å²) in [5.41, 5.74) is 0.0948. The van der Waals surface area contributed by atoms with Gasteiger partial charge in [0.25, 0.3) is 5.91 Å². The summed E-state index contributed by atoms with van der Waals surface area (Å²) >= 11 is 0. The molecule has 1 aromatic carbocycles. The standard InChI is InChI=1S/C18H26N2O6S/c1-11(2)16(18(22)23)19-17(21)14-6-5-7-15(8-14)27(24,25)20-9-12(3)26-13(4)10-20/h5-8,11-13,16H,9-10H2,1-4H3,(H,19,21)(H,22,23)/t12?,13?,16-/m1/s1. The monoisotopic (exact) mass is 398 g/mol. The Bertz CT molecular complexity index is 798. The number of aliphatic carboxylic acids is 1. The zero-order valence-corrected chi connectivity index (χ0v) is 16.7. The Balaban J connectivity index is 2.26. The predicted molar refractivity (Wildman–Crippen MR) is 98.9 cm³/mol. The normalized spacial score (nSPS) is 22.4. The summed E-state index contributed by atoms with van der Waals surface area (Å²) < 4.78 is 32.8. The van der Waals surface area contributed by atoms with Crippen LogP contribution in [0, 0.1) is 5.92 Å². The SMILES string of the molecule is CC1CN(S(=O)(=O)c2cccc(C(=O)N[C@@H](C(=O)O)C(C)C)c2)CC(C)O1. The summed E-state index contributed by atoms with van der Waals surface area (Å²) in [5.74, 6) is -2.08. The van der Waals surface area contributed by atoms with Crippen LogP contribution >= 0.6 is 0 Å². The van der Waals surface area contributed by atoms with Gasteiger partial charge in [-0.2, -0.15) is 4.31 Å². The van der Waals surface area contributed by atoms with Gasteiger partial charge in [-0.05, 0) is 38.0 Å². The van der Waals surface area contributed by atoms with Crippen LogP contribution in [-0.4, -0.2) is 61.0 Å². The molecule has 27 heavy (non-hydrogen) atoms. The molecular formula is C18H26N2O6S. The summed E-state index contributed by atoms with van der Waals surface area (Å²) in [6, 6.07) is 4.57. The van der Waals surface area contributed by atoms with Crippen LogP contribution in [0.5, 0.6) is 0 Å². The van der Waals surface area contributed by atoms with Gasteiger partial charge in [0.2, 0.25) is 10.0 Å². The van der Waals surface area contributed by atoms with Gasteiger partial charge in [0, 0.05) is 18.7 Å². The predicted octanol–water partition coefficient (Wildman–Crippen LogP) is 1.32. The number of ether oxygens (including phenoxy) is 1. The van der Waals surface area contributed by atoms with E-state index in [1.165, 1.54) is 28.6 Å². The molecule has 1 aromatic rings. The molecule has 1 aliphatic heterocycles. The van der Waals surface area contributed by atoms with Crippen molar-refractivity contribution in [1.82, 2.24) is 9.62 Å². The Labute approximate surface area is 159 Å². The van der Waals surface area contributed by atoms with Gasteiger partial charge in [0.05, 0.1) is 17.1 Å². The minimum absolute atomic E-state index is 0.00660. The zero-order chi connectivity index (χ0) is 20.4. The van der Waals surface area contributed by atoms with E-state index in [2.05, 4.69) is 5.32 Å². The fraction of sp³-hybridized carbons (Fsp3) is 0.556. The Kier molecular flexibility index (Phi) is 6.61. The summed E-state index contributed by atoms with van der Waals surface area (Å²) in [6.45, 7) is 7.44. The lowest BCUT2D eigenvalue weighted by Crippen LogP contribution is -2.48. The van der Waals surface area contributed by atoms with Gasteiger partial charge >= 0.3 is 5.97 Å². The second-order valence-corrected chi connectivity index (χ2v) is 9.08. The van der Waals surface area contributed by atoms with E-state index < -0.39 is 27.9 Å². The number of amides is 1. The van der Waals surface area contributed by atoms with Gasteiger partial charge < -0.3 is 15.2 Å². The van der Waals surface area contributed by atoms with Crippen molar-refractivity contribution in [2.45, 2.75) is 50.8 Å². The Morgan fingerprint density at radius 1 is 1.22 bits per heavy atom. The topological polar surface area (TPSA) is 113 Å². The van der Waals surface area contributed by atoms with Crippen LogP contribution in [0.4, 0.5) is 0 Å². The number of carboxylic acids is 1. The van der Waals surface area contributed by atoms with Gasteiger partial charge in [-0.15, -0.1) is 0 Å². The van der Waals surface area contributed by atoms with Crippen molar-refractivity contribution in [1.29, 1.82) is 0 Å². The number of carbonyl (C=O) groups excluding carboxylic acids is 1. The zero-order valence-electron chi connectivity index (χ0n) is 15.9. The highest BCUT2D eigenvalue weighted by Gasteiger charge is 2.32.